The first-order chi connectivity index (χ1) is 33.6. The molecule has 0 aliphatic carbocycles. The van der Waals surface area contributed by atoms with Crippen molar-refractivity contribution < 1.29 is 0 Å². The number of benzene rings is 9. The van der Waals surface area contributed by atoms with Crippen LogP contribution in [0, 0.1) is 5.41 Å². The second-order valence-electron chi connectivity index (χ2n) is 17.0. The predicted molar refractivity (Wildman–Crippen MR) is 282 cm³/mol. The van der Waals surface area contributed by atoms with Crippen LogP contribution < -0.4 is 5.32 Å². The van der Waals surface area contributed by atoms with Gasteiger partial charge in [-0.3, -0.25) is 5.41 Å². The van der Waals surface area contributed by atoms with Gasteiger partial charge in [0.2, 0.25) is 0 Å². The second kappa shape index (κ2) is 17.3. The van der Waals surface area contributed by atoms with Crippen molar-refractivity contribution in [3.05, 3.63) is 270 Å². The number of aromatic nitrogens is 3. The summed E-state index contributed by atoms with van der Waals surface area (Å²) in [6, 6.07) is 84.2. The molecule has 12 rings (SSSR count). The number of rotatable bonds is 9. The fraction of sp³-hybridized carbons (Fsp3) is 0. The molecule has 2 N–H and O–H groups in total. The molecule has 2 aromatic heterocycles. The van der Waals surface area contributed by atoms with Crippen molar-refractivity contribution in [2.75, 3.05) is 0 Å². The van der Waals surface area contributed by atoms with Crippen LogP contribution in [0.2, 0.25) is 0 Å². The highest BCUT2D eigenvalue weighted by atomic mass is 15.0. The van der Waals surface area contributed by atoms with Crippen LogP contribution in [0.3, 0.4) is 0 Å². The minimum Gasteiger partial charge on any atom is -0.354 e. The number of nitrogens with zero attached hydrogens (tertiary/aromatic N) is 3. The molecule has 0 saturated carbocycles. The molecule has 1 aliphatic heterocycles. The van der Waals surface area contributed by atoms with Crippen LogP contribution in [0.25, 0.3) is 95.6 Å². The lowest BCUT2D eigenvalue weighted by Crippen LogP contribution is -2.20. The minimum atomic E-state index is 0.450. The average molecular weight is 870 g/mol. The molecule has 0 unspecified atom stereocenters. The molecule has 0 bridgehead atoms. The van der Waals surface area contributed by atoms with Gasteiger partial charge < -0.3 is 9.88 Å². The quantitative estimate of drug-likeness (QED) is 0.142. The standard InChI is InChI=1S/C63H43N5/c64-61(47-23-11-4-12-24-47)60(46-21-9-3-10-22-46)62-54-39-49(33-34-50(54)40-55(65-62)43-17-5-1-6-18-43)42-29-31-48(32-30-42)63-66-56(44-19-7-2-8-20-44)41-57(67-63)45-35-37-51(38-36-45)68-58-27-15-13-25-52(58)53-26-14-16-28-59(53)68/h1-41,64-65H/b62-60-,64-61?. The van der Waals surface area contributed by atoms with Gasteiger partial charge in [0.1, 0.15) is 0 Å². The highest BCUT2D eigenvalue weighted by Gasteiger charge is 2.24. The van der Waals surface area contributed by atoms with Gasteiger partial charge in [-0.25, -0.2) is 9.97 Å². The van der Waals surface area contributed by atoms with Crippen LogP contribution in [-0.4, -0.2) is 20.2 Å². The van der Waals surface area contributed by atoms with E-state index in [1.54, 1.807) is 0 Å². The van der Waals surface area contributed by atoms with E-state index in [1.165, 1.54) is 21.8 Å². The van der Waals surface area contributed by atoms with E-state index in [4.69, 9.17) is 9.97 Å². The minimum absolute atomic E-state index is 0.450. The molecule has 9 aromatic carbocycles. The summed E-state index contributed by atoms with van der Waals surface area (Å²) in [6.45, 7) is 0. The first-order valence-electron chi connectivity index (χ1n) is 22.9. The number of para-hydroxylation sites is 2. The van der Waals surface area contributed by atoms with E-state index in [0.29, 0.717) is 11.5 Å². The third-order valence-electron chi connectivity index (χ3n) is 12.9. The molecule has 5 nitrogen and oxygen atoms in total. The molecule has 1 aliphatic rings. The van der Waals surface area contributed by atoms with E-state index in [1.807, 2.05) is 72.8 Å². The number of hydrogen-bond donors (Lipinski definition) is 2. The molecule has 11 aromatic rings. The van der Waals surface area contributed by atoms with Gasteiger partial charge in [0.15, 0.2) is 5.82 Å². The lowest BCUT2D eigenvalue weighted by molar-refractivity contribution is 1.17. The summed E-state index contributed by atoms with van der Waals surface area (Å²) in [5.74, 6) is 0.657. The maximum absolute atomic E-state index is 9.70. The summed E-state index contributed by atoms with van der Waals surface area (Å²) in [4.78, 5) is 10.4. The first kappa shape index (κ1) is 40.3. The molecule has 5 heteroatoms. The number of allylic oxidation sites excluding steroid dienone is 1. The van der Waals surface area contributed by atoms with E-state index in [-0.39, 0.29) is 0 Å². The fourth-order valence-electron chi connectivity index (χ4n) is 9.48. The average Bonchev–Trinajstić information content (AvgIpc) is 3.76. The summed E-state index contributed by atoms with van der Waals surface area (Å²) in [7, 11) is 0. The zero-order chi connectivity index (χ0) is 45.4. The van der Waals surface area contributed by atoms with Crippen molar-refractivity contribution >= 4 is 50.6 Å². The highest BCUT2D eigenvalue weighted by Crippen LogP contribution is 2.39. The summed E-state index contributed by atoms with van der Waals surface area (Å²) >= 11 is 0. The summed E-state index contributed by atoms with van der Waals surface area (Å²) in [5.41, 5.74) is 18.4. The van der Waals surface area contributed by atoms with Gasteiger partial charge in [0.25, 0.3) is 0 Å². The van der Waals surface area contributed by atoms with E-state index in [2.05, 4.69) is 186 Å². The van der Waals surface area contributed by atoms with E-state index >= 15 is 0 Å². The fourth-order valence-corrected chi connectivity index (χ4v) is 9.48. The topological polar surface area (TPSA) is 66.6 Å². The second-order valence-corrected chi connectivity index (χ2v) is 17.0. The molecule has 3 heterocycles. The SMILES string of the molecule is N=C(/C(=C1\NC(c2ccccc2)=Cc2ccc(-c3ccc(-c4nc(-c5ccccc5)cc(-c5ccc(-n6c7ccccc7c7ccccc76)cc5)n4)cc3)cc21)c1ccccc1)c1ccccc1. The molecular weight excluding hydrogens is 827 g/mol. The Bertz CT molecular complexity index is 3670. The van der Waals surface area contributed by atoms with Crippen molar-refractivity contribution in [2.45, 2.75) is 0 Å². The summed E-state index contributed by atoms with van der Waals surface area (Å²) in [5, 5.41) is 16.0. The Morgan fingerprint density at radius 3 is 1.51 bits per heavy atom. The van der Waals surface area contributed by atoms with Crippen molar-refractivity contribution in [2.24, 2.45) is 0 Å². The van der Waals surface area contributed by atoms with Gasteiger partial charge in [0.05, 0.1) is 33.8 Å². The molecule has 0 amide bonds. The molecule has 0 fully saturated rings. The maximum atomic E-state index is 9.70. The van der Waals surface area contributed by atoms with Crippen molar-refractivity contribution in [1.29, 1.82) is 5.41 Å². The van der Waals surface area contributed by atoms with Gasteiger partial charge >= 0.3 is 0 Å². The maximum Gasteiger partial charge on any atom is 0.160 e. The zero-order valence-corrected chi connectivity index (χ0v) is 37.0. The molecule has 0 radical (unpaired) electrons. The van der Waals surface area contributed by atoms with E-state index in [0.717, 1.165) is 89.7 Å². The lowest BCUT2D eigenvalue weighted by atomic mass is 9.86. The van der Waals surface area contributed by atoms with Gasteiger partial charge in [0, 0.05) is 55.5 Å². The van der Waals surface area contributed by atoms with Crippen molar-refractivity contribution in [1.82, 2.24) is 19.9 Å². The molecule has 320 valence electrons. The van der Waals surface area contributed by atoms with Gasteiger partial charge in [-0.1, -0.05) is 206 Å². The van der Waals surface area contributed by atoms with Gasteiger partial charge in [-0.15, -0.1) is 0 Å². The van der Waals surface area contributed by atoms with Crippen LogP contribution in [-0.2, 0) is 0 Å². The van der Waals surface area contributed by atoms with Gasteiger partial charge in [-0.2, -0.15) is 0 Å². The summed E-state index contributed by atoms with van der Waals surface area (Å²) < 4.78 is 2.34. The third-order valence-corrected chi connectivity index (χ3v) is 12.9. The molecule has 0 spiro atoms. The Labute approximate surface area is 395 Å². The third kappa shape index (κ3) is 7.48. The van der Waals surface area contributed by atoms with Crippen LogP contribution in [0.4, 0.5) is 0 Å². The van der Waals surface area contributed by atoms with Crippen LogP contribution in [0.5, 0.6) is 0 Å². The van der Waals surface area contributed by atoms with Crippen LogP contribution in [0.15, 0.2) is 243 Å². The number of fused-ring (bicyclic) bond motifs is 4. The summed E-state index contributed by atoms with van der Waals surface area (Å²) in [6.07, 6.45) is 2.21. The largest absolute Gasteiger partial charge is 0.354 e. The smallest absolute Gasteiger partial charge is 0.160 e. The van der Waals surface area contributed by atoms with Crippen LogP contribution in [0.1, 0.15) is 27.8 Å². The normalized spacial score (nSPS) is 12.9. The predicted octanol–water partition coefficient (Wildman–Crippen LogP) is 15.3. The highest BCUT2D eigenvalue weighted by molar-refractivity contribution is 6.36. The Morgan fingerprint density at radius 1 is 0.412 bits per heavy atom. The van der Waals surface area contributed by atoms with Crippen molar-refractivity contribution in [3.63, 3.8) is 0 Å². The molecule has 0 saturated heterocycles. The van der Waals surface area contributed by atoms with E-state index < -0.39 is 0 Å². The zero-order valence-electron chi connectivity index (χ0n) is 37.0. The lowest BCUT2D eigenvalue weighted by Gasteiger charge is -2.27. The van der Waals surface area contributed by atoms with Gasteiger partial charge in [-0.05, 0) is 70.3 Å². The van der Waals surface area contributed by atoms with Crippen LogP contribution >= 0.6 is 0 Å². The van der Waals surface area contributed by atoms with Crippen molar-refractivity contribution in [3.8, 4) is 50.7 Å². The molecule has 68 heavy (non-hydrogen) atoms. The number of hydrogen-bond acceptors (Lipinski definition) is 4. The Balaban J connectivity index is 0.935. The molecule has 0 atom stereocenters. The Hall–Kier alpha value is -9.19. The Morgan fingerprint density at radius 2 is 0.897 bits per heavy atom. The van der Waals surface area contributed by atoms with E-state index in [9.17, 15) is 5.41 Å². The monoisotopic (exact) mass is 869 g/mol. The Kier molecular flexibility index (Phi) is 10.3. The molecular formula is C63H43N5. The first-order valence-corrected chi connectivity index (χ1v) is 22.9. The number of nitrogens with one attached hydrogen (secondary N) is 2.